The normalized spacial score (nSPS) is 11.8. The van der Waals surface area contributed by atoms with E-state index in [1.54, 1.807) is 0 Å². The number of carbonyl (C=O) groups excluding carboxylic acids is 2. The summed E-state index contributed by atoms with van der Waals surface area (Å²) in [7, 11) is 0. The van der Waals surface area contributed by atoms with Crippen LogP contribution in [0.1, 0.15) is 48.2 Å². The minimum absolute atomic E-state index is 0.0562. The first kappa shape index (κ1) is 20.9. The highest BCUT2D eigenvalue weighted by molar-refractivity contribution is 5.98. The van der Waals surface area contributed by atoms with E-state index in [2.05, 4.69) is 5.32 Å². The Kier molecular flexibility index (Phi) is 6.35. The number of nitrogens with zero attached hydrogens (tertiary/aromatic N) is 1. The van der Waals surface area contributed by atoms with Crippen LogP contribution < -0.4 is 11.1 Å². The van der Waals surface area contributed by atoms with E-state index in [1.165, 1.54) is 19.1 Å². The third-order valence-electron chi connectivity index (χ3n) is 4.29. The van der Waals surface area contributed by atoms with Crippen LogP contribution in [0.25, 0.3) is 0 Å². The second-order valence-electron chi connectivity index (χ2n) is 6.76. The number of benzene rings is 2. The Balaban J connectivity index is 2.14. The van der Waals surface area contributed by atoms with Gasteiger partial charge in [0.25, 0.3) is 11.6 Å². The minimum Gasteiger partial charge on any atom is -0.449 e. The molecule has 0 aliphatic rings. The summed E-state index contributed by atoms with van der Waals surface area (Å²) in [4.78, 5) is 35.1. The number of nitrogen functional groups attached to an aromatic ring is 1. The number of ether oxygens (including phenoxy) is 1. The molecule has 148 valence electrons. The zero-order chi connectivity index (χ0) is 21.0. The van der Waals surface area contributed by atoms with Crippen molar-refractivity contribution in [3.8, 4) is 0 Å². The maximum atomic E-state index is 12.5. The van der Waals surface area contributed by atoms with Gasteiger partial charge in [0.2, 0.25) is 0 Å². The predicted molar refractivity (Wildman–Crippen MR) is 106 cm³/mol. The van der Waals surface area contributed by atoms with Gasteiger partial charge in [0, 0.05) is 11.8 Å². The first-order chi connectivity index (χ1) is 13.1. The molecule has 8 heteroatoms. The zero-order valence-electron chi connectivity index (χ0n) is 16.2. The van der Waals surface area contributed by atoms with E-state index in [-0.39, 0.29) is 17.2 Å². The number of para-hydroxylation sites is 1. The van der Waals surface area contributed by atoms with Gasteiger partial charge in [-0.25, -0.2) is 4.79 Å². The molecule has 2 rings (SSSR count). The van der Waals surface area contributed by atoms with E-state index < -0.39 is 28.6 Å². The molecule has 0 radical (unpaired) electrons. The van der Waals surface area contributed by atoms with E-state index in [0.717, 1.165) is 17.2 Å². The summed E-state index contributed by atoms with van der Waals surface area (Å²) in [5.74, 6) is -1.14. The van der Waals surface area contributed by atoms with Gasteiger partial charge in [-0.2, -0.15) is 0 Å². The Morgan fingerprint density at radius 1 is 1.18 bits per heavy atom. The zero-order valence-corrected chi connectivity index (χ0v) is 16.2. The van der Waals surface area contributed by atoms with E-state index in [0.29, 0.717) is 5.69 Å². The number of hydrogen-bond acceptors (Lipinski definition) is 6. The number of anilines is 2. The molecule has 0 unspecified atom stereocenters. The van der Waals surface area contributed by atoms with Crippen molar-refractivity contribution >= 4 is 28.9 Å². The Bertz CT molecular complexity index is 924. The molecule has 0 fully saturated rings. The maximum absolute atomic E-state index is 12.5. The van der Waals surface area contributed by atoms with Gasteiger partial charge in [0.05, 0.1) is 10.5 Å². The molecule has 0 saturated carbocycles. The lowest BCUT2D eigenvalue weighted by Gasteiger charge is -2.19. The van der Waals surface area contributed by atoms with Gasteiger partial charge in [-0.1, -0.05) is 32.0 Å². The molecule has 2 aromatic carbocycles. The van der Waals surface area contributed by atoms with Crippen LogP contribution in [0, 0.1) is 17.0 Å². The van der Waals surface area contributed by atoms with Crippen molar-refractivity contribution in [2.24, 2.45) is 0 Å². The van der Waals surface area contributed by atoms with Crippen LogP contribution in [-0.2, 0) is 9.53 Å². The largest absolute Gasteiger partial charge is 0.449 e. The smallest absolute Gasteiger partial charge is 0.339 e. The van der Waals surface area contributed by atoms with Crippen molar-refractivity contribution in [3.63, 3.8) is 0 Å². The molecule has 0 aliphatic heterocycles. The van der Waals surface area contributed by atoms with Crippen LogP contribution in [-0.4, -0.2) is 22.9 Å². The van der Waals surface area contributed by atoms with Crippen molar-refractivity contribution < 1.29 is 19.2 Å². The van der Waals surface area contributed by atoms with Crippen molar-refractivity contribution in [1.82, 2.24) is 0 Å². The number of carbonyl (C=O) groups is 2. The number of aryl methyl sites for hydroxylation is 1. The summed E-state index contributed by atoms with van der Waals surface area (Å²) in [6.45, 7) is 7.35. The first-order valence-corrected chi connectivity index (χ1v) is 8.77. The molecule has 3 N–H and O–H groups in total. The molecule has 0 saturated heterocycles. The van der Waals surface area contributed by atoms with Gasteiger partial charge < -0.3 is 15.8 Å². The molecule has 0 bridgehead atoms. The van der Waals surface area contributed by atoms with Crippen LogP contribution in [0.5, 0.6) is 0 Å². The molecular weight excluding hydrogens is 362 g/mol. The van der Waals surface area contributed by atoms with E-state index in [4.69, 9.17) is 10.5 Å². The van der Waals surface area contributed by atoms with Crippen molar-refractivity contribution in [3.05, 3.63) is 63.2 Å². The number of amides is 1. The number of hydrogen-bond donors (Lipinski definition) is 2. The third-order valence-corrected chi connectivity index (χ3v) is 4.29. The summed E-state index contributed by atoms with van der Waals surface area (Å²) in [6.07, 6.45) is -1.09. The maximum Gasteiger partial charge on any atom is 0.339 e. The SMILES string of the molecule is Cc1cccc(C(C)C)c1NC(=O)[C@@H](C)OC(=O)c1ccc(N)c([N+](=O)[O-])c1. The van der Waals surface area contributed by atoms with Gasteiger partial charge in [0.15, 0.2) is 6.10 Å². The Morgan fingerprint density at radius 3 is 2.46 bits per heavy atom. The van der Waals surface area contributed by atoms with E-state index >= 15 is 0 Å². The molecule has 0 heterocycles. The highest BCUT2D eigenvalue weighted by Crippen LogP contribution is 2.28. The highest BCUT2D eigenvalue weighted by atomic mass is 16.6. The number of esters is 1. The summed E-state index contributed by atoms with van der Waals surface area (Å²) in [6, 6.07) is 9.32. The standard InChI is InChI=1S/C20H23N3O5/c1-11(2)15-7-5-6-12(3)18(15)22-19(24)13(4)28-20(25)14-8-9-16(21)17(10-14)23(26)27/h5-11,13H,21H2,1-4H3,(H,22,24)/t13-/m1/s1. The molecule has 2 aromatic rings. The van der Waals surface area contributed by atoms with Crippen LogP contribution in [0.2, 0.25) is 0 Å². The highest BCUT2D eigenvalue weighted by Gasteiger charge is 2.23. The Hall–Kier alpha value is -3.42. The summed E-state index contributed by atoms with van der Waals surface area (Å²) >= 11 is 0. The van der Waals surface area contributed by atoms with Gasteiger partial charge in [-0.05, 0) is 43.0 Å². The fourth-order valence-corrected chi connectivity index (χ4v) is 2.68. The molecule has 8 nitrogen and oxygen atoms in total. The van der Waals surface area contributed by atoms with Gasteiger partial charge in [-0.15, -0.1) is 0 Å². The summed E-state index contributed by atoms with van der Waals surface area (Å²) in [5, 5.41) is 13.8. The predicted octanol–water partition coefficient (Wildman–Crippen LogP) is 3.79. The molecular formula is C20H23N3O5. The second-order valence-corrected chi connectivity index (χ2v) is 6.76. The van der Waals surface area contributed by atoms with Crippen molar-refractivity contribution in [2.45, 2.75) is 39.7 Å². The van der Waals surface area contributed by atoms with E-state index in [9.17, 15) is 19.7 Å². The van der Waals surface area contributed by atoms with Crippen LogP contribution >= 0.6 is 0 Å². The third kappa shape index (κ3) is 4.64. The molecule has 0 aromatic heterocycles. The number of rotatable bonds is 6. The molecule has 28 heavy (non-hydrogen) atoms. The fraction of sp³-hybridized carbons (Fsp3) is 0.300. The Morgan fingerprint density at radius 2 is 1.86 bits per heavy atom. The topological polar surface area (TPSA) is 125 Å². The van der Waals surface area contributed by atoms with Gasteiger partial charge in [-0.3, -0.25) is 14.9 Å². The molecule has 0 aliphatic carbocycles. The first-order valence-electron chi connectivity index (χ1n) is 8.77. The Labute approximate surface area is 162 Å². The second kappa shape index (κ2) is 8.51. The van der Waals surface area contributed by atoms with Crippen molar-refractivity contribution in [2.75, 3.05) is 11.1 Å². The number of nitro benzene ring substituents is 1. The van der Waals surface area contributed by atoms with Crippen LogP contribution in [0.3, 0.4) is 0 Å². The fourth-order valence-electron chi connectivity index (χ4n) is 2.68. The van der Waals surface area contributed by atoms with Crippen LogP contribution in [0.4, 0.5) is 17.1 Å². The summed E-state index contributed by atoms with van der Waals surface area (Å²) in [5.41, 5.74) is 7.56. The number of nitro groups is 1. The number of nitrogens with two attached hydrogens (primary N) is 1. The lowest BCUT2D eigenvalue weighted by molar-refractivity contribution is -0.383. The quantitative estimate of drug-likeness (QED) is 0.337. The molecule has 1 atom stereocenters. The molecule has 1 amide bonds. The molecule has 0 spiro atoms. The summed E-state index contributed by atoms with van der Waals surface area (Å²) < 4.78 is 5.17. The average molecular weight is 385 g/mol. The van der Waals surface area contributed by atoms with Gasteiger partial charge >= 0.3 is 5.97 Å². The van der Waals surface area contributed by atoms with Crippen molar-refractivity contribution in [1.29, 1.82) is 0 Å². The monoisotopic (exact) mass is 385 g/mol. The van der Waals surface area contributed by atoms with E-state index in [1.807, 2.05) is 39.0 Å². The minimum atomic E-state index is -1.09. The lowest BCUT2D eigenvalue weighted by Crippen LogP contribution is -2.30. The van der Waals surface area contributed by atoms with Crippen LogP contribution in [0.15, 0.2) is 36.4 Å². The number of nitrogens with one attached hydrogen (secondary N) is 1. The lowest BCUT2D eigenvalue weighted by atomic mass is 9.98. The van der Waals surface area contributed by atoms with Gasteiger partial charge in [0.1, 0.15) is 5.69 Å². The average Bonchev–Trinajstić information content (AvgIpc) is 2.62.